The van der Waals surface area contributed by atoms with Gasteiger partial charge in [-0.2, -0.15) is 0 Å². The number of benzene rings is 1. The highest BCUT2D eigenvalue weighted by atomic mass is 16.5. The second-order valence-corrected chi connectivity index (χ2v) is 9.15. The molecule has 4 heterocycles. The van der Waals surface area contributed by atoms with Crippen molar-refractivity contribution in [2.45, 2.75) is 45.3 Å². The molecule has 1 atom stereocenters. The molecular weight excluding hydrogens is 446 g/mol. The van der Waals surface area contributed by atoms with Crippen LogP contribution in [-0.2, 0) is 35.5 Å². The molecule has 9 nitrogen and oxygen atoms in total. The number of fused-ring (bicyclic) bond motifs is 3. The summed E-state index contributed by atoms with van der Waals surface area (Å²) < 4.78 is 9.67. The van der Waals surface area contributed by atoms with Crippen LogP contribution < -0.4 is 10.5 Å². The van der Waals surface area contributed by atoms with E-state index in [1.165, 1.54) is 16.8 Å². The van der Waals surface area contributed by atoms with E-state index in [0.29, 0.717) is 12.6 Å². The number of hydrogen-bond donors (Lipinski definition) is 1. The largest absolute Gasteiger partial charge is 0.483 e. The fraction of sp³-hybridized carbons (Fsp3) is 0.500. The summed E-state index contributed by atoms with van der Waals surface area (Å²) in [6, 6.07) is 10.4. The predicted octanol–water partition coefficient (Wildman–Crippen LogP) is 2.24. The number of pyridine rings is 1. The number of nitrogens with zero attached hydrogens (tertiary/aromatic N) is 5. The van der Waals surface area contributed by atoms with Crippen molar-refractivity contribution < 1.29 is 14.6 Å². The molecule has 2 aliphatic heterocycles. The number of aryl methyl sites for hydroxylation is 3. The third-order valence-electron chi connectivity index (χ3n) is 7.15. The fourth-order valence-electron chi connectivity index (χ4n) is 5.02. The summed E-state index contributed by atoms with van der Waals surface area (Å²) >= 11 is 0. The van der Waals surface area contributed by atoms with Crippen molar-refractivity contribution in [3.8, 4) is 0 Å². The van der Waals surface area contributed by atoms with Gasteiger partial charge in [0.2, 0.25) is 0 Å². The number of ether oxygens (including phenoxy) is 1. The van der Waals surface area contributed by atoms with Crippen LogP contribution in [0.1, 0.15) is 24.7 Å². The number of imidazole rings is 1. The van der Waals surface area contributed by atoms with Crippen LogP contribution in [0.4, 0.5) is 5.69 Å². The van der Waals surface area contributed by atoms with E-state index >= 15 is 0 Å². The minimum atomic E-state index is -0.250. The molecule has 0 spiro atoms. The quantitative estimate of drug-likeness (QED) is 0.540. The number of morpholine rings is 1. The molecule has 0 aliphatic carbocycles. The van der Waals surface area contributed by atoms with Crippen molar-refractivity contribution in [2.24, 2.45) is 0 Å². The van der Waals surface area contributed by atoms with E-state index in [1.807, 2.05) is 12.3 Å². The molecule has 2 aromatic heterocycles. The number of carbonyl (C=O) groups is 1. The van der Waals surface area contributed by atoms with E-state index in [4.69, 9.17) is 19.6 Å². The Balaban J connectivity index is 0.000000917. The van der Waals surface area contributed by atoms with E-state index in [9.17, 15) is 4.79 Å². The lowest BCUT2D eigenvalue weighted by molar-refractivity contribution is -0.122. The van der Waals surface area contributed by atoms with Crippen molar-refractivity contribution in [3.63, 3.8) is 0 Å². The standard InChI is InChI=1S/C25H33N5O2.CH2O2/c1-19-6-7-20-21(27(19)2)8-9-22-25(20)26-23(10-12-29-11-4-3-5-24(29)31)30(22)14-13-28-15-17-32-18-16-28;2-1-3/h3-5,8-9,11,19H,6-7,10,12-18H2,1-2H3;1H,(H,2,3). The van der Waals surface area contributed by atoms with Crippen LogP contribution in [0.15, 0.2) is 41.3 Å². The molecule has 2 aliphatic rings. The maximum atomic E-state index is 12.2. The second-order valence-electron chi connectivity index (χ2n) is 9.15. The third kappa shape index (κ3) is 5.57. The van der Waals surface area contributed by atoms with Crippen LogP contribution in [0.3, 0.4) is 0 Å². The summed E-state index contributed by atoms with van der Waals surface area (Å²) in [6.07, 6.45) is 4.82. The van der Waals surface area contributed by atoms with Gasteiger partial charge in [0.15, 0.2) is 0 Å². The molecule has 188 valence electrons. The summed E-state index contributed by atoms with van der Waals surface area (Å²) in [5.74, 6) is 1.07. The maximum Gasteiger partial charge on any atom is 0.290 e. The van der Waals surface area contributed by atoms with Crippen LogP contribution in [0.5, 0.6) is 0 Å². The topological polar surface area (TPSA) is 92.8 Å². The zero-order chi connectivity index (χ0) is 24.8. The first-order valence-electron chi connectivity index (χ1n) is 12.3. The monoisotopic (exact) mass is 481 g/mol. The highest BCUT2D eigenvalue weighted by Gasteiger charge is 2.24. The number of carboxylic acid groups (broad SMARTS) is 1. The van der Waals surface area contributed by atoms with Crippen LogP contribution >= 0.6 is 0 Å². The Hall–Kier alpha value is -3.17. The van der Waals surface area contributed by atoms with Crippen molar-refractivity contribution in [2.75, 3.05) is 44.8 Å². The second kappa shape index (κ2) is 11.5. The molecular formula is C26H35N5O4. The Morgan fingerprint density at radius 1 is 1.14 bits per heavy atom. The van der Waals surface area contributed by atoms with Crippen LogP contribution in [0, 0.1) is 0 Å². The molecule has 9 heteroatoms. The minimum absolute atomic E-state index is 0.0384. The SMILES string of the molecule is CC1CCc2c(ccc3c2nc(CCn2ccccc2=O)n3CCN2CCOCC2)N1C.O=CO. The summed E-state index contributed by atoms with van der Waals surface area (Å²) in [5.41, 5.74) is 5.07. The van der Waals surface area contributed by atoms with Gasteiger partial charge >= 0.3 is 0 Å². The molecule has 0 amide bonds. The van der Waals surface area contributed by atoms with Crippen LogP contribution in [0.25, 0.3) is 11.0 Å². The molecule has 1 N–H and O–H groups in total. The Morgan fingerprint density at radius 3 is 2.66 bits per heavy atom. The van der Waals surface area contributed by atoms with Gasteiger partial charge in [0.1, 0.15) is 5.82 Å². The molecule has 1 fully saturated rings. The maximum absolute atomic E-state index is 12.2. The average molecular weight is 482 g/mol. The van der Waals surface area contributed by atoms with Gasteiger partial charge in [-0.1, -0.05) is 6.07 Å². The van der Waals surface area contributed by atoms with E-state index in [1.54, 1.807) is 16.7 Å². The van der Waals surface area contributed by atoms with E-state index < -0.39 is 0 Å². The third-order valence-corrected chi connectivity index (χ3v) is 7.15. The first-order chi connectivity index (χ1) is 17.0. The first-order valence-corrected chi connectivity index (χ1v) is 12.3. The lowest BCUT2D eigenvalue weighted by Crippen LogP contribution is -2.38. The van der Waals surface area contributed by atoms with Gasteiger partial charge in [-0.25, -0.2) is 4.98 Å². The first kappa shape index (κ1) is 24.9. The van der Waals surface area contributed by atoms with Gasteiger partial charge in [0, 0.05) is 75.7 Å². The van der Waals surface area contributed by atoms with Crippen molar-refractivity contribution in [1.82, 2.24) is 19.0 Å². The lowest BCUT2D eigenvalue weighted by Gasteiger charge is -2.34. The number of anilines is 1. The average Bonchev–Trinajstić information content (AvgIpc) is 3.23. The Kier molecular flexibility index (Phi) is 8.20. The van der Waals surface area contributed by atoms with Crippen LogP contribution in [-0.4, -0.2) is 76.5 Å². The predicted molar refractivity (Wildman–Crippen MR) is 136 cm³/mol. The highest BCUT2D eigenvalue weighted by Crippen LogP contribution is 2.35. The van der Waals surface area contributed by atoms with Gasteiger partial charge in [0.25, 0.3) is 12.0 Å². The Bertz CT molecular complexity index is 1200. The normalized spacial score (nSPS) is 18.1. The number of aromatic nitrogens is 3. The number of rotatable bonds is 6. The Labute approximate surface area is 205 Å². The molecule has 35 heavy (non-hydrogen) atoms. The van der Waals surface area contributed by atoms with Gasteiger partial charge in [-0.05, 0) is 38.0 Å². The van der Waals surface area contributed by atoms with Crippen LogP contribution in [0.2, 0.25) is 0 Å². The Morgan fingerprint density at radius 2 is 1.91 bits per heavy atom. The minimum Gasteiger partial charge on any atom is -0.483 e. The number of hydrogen-bond acceptors (Lipinski definition) is 6. The highest BCUT2D eigenvalue weighted by molar-refractivity contribution is 5.86. The molecule has 1 aromatic carbocycles. The summed E-state index contributed by atoms with van der Waals surface area (Å²) in [6.45, 7) is 8.16. The molecule has 0 bridgehead atoms. The summed E-state index contributed by atoms with van der Waals surface area (Å²) in [4.78, 5) is 30.6. The smallest absolute Gasteiger partial charge is 0.290 e. The van der Waals surface area contributed by atoms with Crippen molar-refractivity contribution in [1.29, 1.82) is 0 Å². The molecule has 1 unspecified atom stereocenters. The molecule has 1 saturated heterocycles. The molecule has 0 radical (unpaired) electrons. The molecule has 5 rings (SSSR count). The van der Waals surface area contributed by atoms with Gasteiger partial charge in [-0.3, -0.25) is 14.5 Å². The van der Waals surface area contributed by atoms with Crippen molar-refractivity contribution >= 4 is 23.2 Å². The van der Waals surface area contributed by atoms with Crippen molar-refractivity contribution in [3.05, 3.63) is 58.3 Å². The zero-order valence-corrected chi connectivity index (χ0v) is 20.6. The van der Waals surface area contributed by atoms with E-state index in [-0.39, 0.29) is 12.0 Å². The summed E-state index contributed by atoms with van der Waals surface area (Å²) in [7, 11) is 2.19. The van der Waals surface area contributed by atoms with E-state index in [2.05, 4.69) is 40.5 Å². The van der Waals surface area contributed by atoms with Gasteiger partial charge in [0.05, 0.1) is 24.2 Å². The van der Waals surface area contributed by atoms with Gasteiger partial charge in [-0.15, -0.1) is 0 Å². The lowest BCUT2D eigenvalue weighted by atomic mass is 9.96. The molecule has 3 aromatic rings. The van der Waals surface area contributed by atoms with Gasteiger partial charge < -0.3 is 23.9 Å². The zero-order valence-electron chi connectivity index (χ0n) is 20.6. The molecule has 0 saturated carbocycles. The van der Waals surface area contributed by atoms with E-state index in [0.717, 1.165) is 70.0 Å². The fourth-order valence-corrected chi connectivity index (χ4v) is 5.02. The summed E-state index contributed by atoms with van der Waals surface area (Å²) in [5, 5.41) is 6.89.